The average Bonchev–Trinajstić information content (AvgIpc) is 2.36. The van der Waals surface area contributed by atoms with Crippen LogP contribution in [-0.4, -0.2) is 40.6 Å². The van der Waals surface area contributed by atoms with Crippen LogP contribution < -0.4 is 5.73 Å². The van der Waals surface area contributed by atoms with E-state index in [0.717, 1.165) is 18.7 Å². The SMILES string of the molecule is Cc1cc(C(=O)N(CCCN)CC(C)C)c(C)nn1. The lowest BCUT2D eigenvalue weighted by molar-refractivity contribution is 0.0733. The molecule has 0 spiro atoms. The molecule has 1 rings (SSSR count). The Hall–Kier alpha value is -1.49. The highest BCUT2D eigenvalue weighted by Gasteiger charge is 2.19. The van der Waals surface area contributed by atoms with Gasteiger partial charge in [-0.1, -0.05) is 13.8 Å². The first kappa shape index (κ1) is 15.6. The molecule has 0 saturated heterocycles. The van der Waals surface area contributed by atoms with Gasteiger partial charge in [0.05, 0.1) is 17.0 Å². The molecule has 19 heavy (non-hydrogen) atoms. The van der Waals surface area contributed by atoms with E-state index in [0.29, 0.717) is 30.3 Å². The summed E-state index contributed by atoms with van der Waals surface area (Å²) in [6, 6.07) is 1.81. The molecule has 0 atom stereocenters. The minimum atomic E-state index is 0.0256. The molecule has 0 bridgehead atoms. The molecule has 1 amide bonds. The van der Waals surface area contributed by atoms with E-state index in [9.17, 15) is 4.79 Å². The fraction of sp³-hybridized carbons (Fsp3) is 0.643. The molecule has 0 fully saturated rings. The molecule has 0 radical (unpaired) electrons. The summed E-state index contributed by atoms with van der Waals surface area (Å²) in [5, 5.41) is 7.98. The van der Waals surface area contributed by atoms with E-state index in [1.165, 1.54) is 0 Å². The summed E-state index contributed by atoms with van der Waals surface area (Å²) >= 11 is 0. The fourth-order valence-electron chi connectivity index (χ4n) is 1.94. The van der Waals surface area contributed by atoms with Gasteiger partial charge < -0.3 is 10.6 Å². The molecule has 1 heterocycles. The highest BCUT2D eigenvalue weighted by Crippen LogP contribution is 2.11. The van der Waals surface area contributed by atoms with Crippen LogP contribution in [0.4, 0.5) is 0 Å². The van der Waals surface area contributed by atoms with E-state index in [1.54, 1.807) is 6.07 Å². The van der Waals surface area contributed by atoms with Crippen molar-refractivity contribution in [3.05, 3.63) is 23.0 Å². The molecule has 0 aliphatic rings. The monoisotopic (exact) mass is 264 g/mol. The average molecular weight is 264 g/mol. The lowest BCUT2D eigenvalue weighted by atomic mass is 10.1. The van der Waals surface area contributed by atoms with Crippen molar-refractivity contribution in [2.24, 2.45) is 11.7 Å². The Bertz CT molecular complexity index is 431. The fourth-order valence-corrected chi connectivity index (χ4v) is 1.94. The first-order valence-electron chi connectivity index (χ1n) is 6.76. The Labute approximate surface area is 115 Å². The number of nitrogens with zero attached hydrogens (tertiary/aromatic N) is 3. The van der Waals surface area contributed by atoms with Crippen LogP contribution in [0, 0.1) is 19.8 Å². The summed E-state index contributed by atoms with van der Waals surface area (Å²) in [6.45, 7) is 9.88. The Balaban J connectivity index is 2.93. The van der Waals surface area contributed by atoms with E-state index in [2.05, 4.69) is 24.0 Å². The van der Waals surface area contributed by atoms with Crippen LogP contribution in [0.3, 0.4) is 0 Å². The van der Waals surface area contributed by atoms with Gasteiger partial charge in [0.15, 0.2) is 0 Å². The molecule has 0 unspecified atom stereocenters. The van der Waals surface area contributed by atoms with Gasteiger partial charge in [0.2, 0.25) is 0 Å². The summed E-state index contributed by atoms with van der Waals surface area (Å²) in [5.41, 5.74) is 7.62. The lowest BCUT2D eigenvalue weighted by Gasteiger charge is -2.25. The zero-order valence-corrected chi connectivity index (χ0v) is 12.3. The Morgan fingerprint density at radius 2 is 2.05 bits per heavy atom. The van der Waals surface area contributed by atoms with Gasteiger partial charge in [-0.25, -0.2) is 0 Å². The molecule has 0 aromatic carbocycles. The molecule has 0 aliphatic heterocycles. The summed E-state index contributed by atoms with van der Waals surface area (Å²) in [4.78, 5) is 14.4. The molecular formula is C14H24N4O. The number of amides is 1. The number of rotatable bonds is 6. The van der Waals surface area contributed by atoms with E-state index in [4.69, 9.17) is 5.73 Å². The number of carbonyl (C=O) groups excluding carboxylic acids is 1. The van der Waals surface area contributed by atoms with Gasteiger partial charge >= 0.3 is 0 Å². The number of aryl methyl sites for hydroxylation is 2. The molecule has 5 heteroatoms. The smallest absolute Gasteiger partial charge is 0.255 e. The number of hydrogen-bond donors (Lipinski definition) is 1. The maximum absolute atomic E-state index is 12.6. The third kappa shape index (κ3) is 4.59. The molecule has 0 aliphatic carbocycles. The van der Waals surface area contributed by atoms with Crippen LogP contribution in [0.5, 0.6) is 0 Å². The summed E-state index contributed by atoms with van der Waals surface area (Å²) in [6.07, 6.45) is 0.814. The van der Waals surface area contributed by atoms with E-state index >= 15 is 0 Å². The van der Waals surface area contributed by atoms with Gasteiger partial charge in [-0.3, -0.25) is 4.79 Å². The summed E-state index contributed by atoms with van der Waals surface area (Å²) in [5.74, 6) is 0.454. The maximum atomic E-state index is 12.6. The van der Waals surface area contributed by atoms with E-state index < -0.39 is 0 Å². The van der Waals surface area contributed by atoms with Gasteiger partial charge in [-0.15, -0.1) is 0 Å². The zero-order chi connectivity index (χ0) is 14.4. The number of carbonyl (C=O) groups is 1. The van der Waals surface area contributed by atoms with Crippen LogP contribution in [0.2, 0.25) is 0 Å². The highest BCUT2D eigenvalue weighted by molar-refractivity contribution is 5.95. The minimum Gasteiger partial charge on any atom is -0.338 e. The second-order valence-corrected chi connectivity index (χ2v) is 5.27. The normalized spacial score (nSPS) is 10.8. The van der Waals surface area contributed by atoms with Crippen LogP contribution in [-0.2, 0) is 0 Å². The second-order valence-electron chi connectivity index (χ2n) is 5.27. The standard InChI is InChI=1S/C14H24N4O/c1-10(2)9-18(7-5-6-15)14(19)13-8-11(3)16-17-12(13)4/h8,10H,5-7,9,15H2,1-4H3. The number of hydrogen-bond acceptors (Lipinski definition) is 4. The van der Waals surface area contributed by atoms with Crippen LogP contribution >= 0.6 is 0 Å². The first-order chi connectivity index (χ1) is 8.95. The second kappa shape index (κ2) is 7.19. The topological polar surface area (TPSA) is 72.1 Å². The first-order valence-corrected chi connectivity index (χ1v) is 6.76. The Morgan fingerprint density at radius 3 is 2.63 bits per heavy atom. The molecule has 0 saturated carbocycles. The van der Waals surface area contributed by atoms with Crippen LogP contribution in [0.25, 0.3) is 0 Å². The molecule has 1 aromatic rings. The third-order valence-electron chi connectivity index (χ3n) is 2.84. The van der Waals surface area contributed by atoms with Gasteiger partial charge in [-0.2, -0.15) is 10.2 Å². The maximum Gasteiger partial charge on any atom is 0.255 e. The van der Waals surface area contributed by atoms with Crippen molar-refractivity contribution in [1.82, 2.24) is 15.1 Å². The predicted octanol–water partition coefficient (Wildman–Crippen LogP) is 1.54. The summed E-state index contributed by atoms with van der Waals surface area (Å²) < 4.78 is 0. The number of nitrogens with two attached hydrogens (primary N) is 1. The Morgan fingerprint density at radius 1 is 1.37 bits per heavy atom. The summed E-state index contributed by atoms with van der Waals surface area (Å²) in [7, 11) is 0. The third-order valence-corrected chi connectivity index (χ3v) is 2.84. The van der Waals surface area contributed by atoms with Crippen molar-refractivity contribution in [3.8, 4) is 0 Å². The van der Waals surface area contributed by atoms with Crippen LogP contribution in [0.15, 0.2) is 6.07 Å². The largest absolute Gasteiger partial charge is 0.338 e. The van der Waals surface area contributed by atoms with E-state index in [-0.39, 0.29) is 5.91 Å². The zero-order valence-electron chi connectivity index (χ0n) is 12.3. The quantitative estimate of drug-likeness (QED) is 0.846. The molecule has 2 N–H and O–H groups in total. The molecule has 5 nitrogen and oxygen atoms in total. The predicted molar refractivity (Wildman–Crippen MR) is 75.9 cm³/mol. The Kier molecular flexibility index (Phi) is 5.89. The number of aromatic nitrogens is 2. The van der Waals surface area contributed by atoms with Gasteiger partial charge in [0.1, 0.15) is 0 Å². The molecular weight excluding hydrogens is 240 g/mol. The van der Waals surface area contributed by atoms with Gasteiger partial charge in [0.25, 0.3) is 5.91 Å². The van der Waals surface area contributed by atoms with Gasteiger partial charge in [-0.05, 0) is 38.8 Å². The molecule has 1 aromatic heterocycles. The van der Waals surface area contributed by atoms with Crippen molar-refractivity contribution in [2.45, 2.75) is 34.1 Å². The van der Waals surface area contributed by atoms with Crippen molar-refractivity contribution < 1.29 is 4.79 Å². The van der Waals surface area contributed by atoms with Crippen molar-refractivity contribution in [1.29, 1.82) is 0 Å². The lowest BCUT2D eigenvalue weighted by Crippen LogP contribution is -2.36. The van der Waals surface area contributed by atoms with Crippen molar-refractivity contribution in [2.75, 3.05) is 19.6 Å². The van der Waals surface area contributed by atoms with Crippen LogP contribution in [0.1, 0.15) is 42.0 Å². The van der Waals surface area contributed by atoms with Crippen molar-refractivity contribution in [3.63, 3.8) is 0 Å². The highest BCUT2D eigenvalue weighted by atomic mass is 16.2. The van der Waals surface area contributed by atoms with Gasteiger partial charge in [0, 0.05) is 13.1 Å². The van der Waals surface area contributed by atoms with Crippen molar-refractivity contribution >= 4 is 5.91 Å². The van der Waals surface area contributed by atoms with E-state index in [1.807, 2.05) is 18.7 Å². The minimum absolute atomic E-state index is 0.0256. The molecule has 106 valence electrons.